The highest BCUT2D eigenvalue weighted by molar-refractivity contribution is 7.92. The molecule has 0 saturated carbocycles. The number of methoxy groups -OCH3 is 1. The van der Waals surface area contributed by atoms with E-state index in [0.717, 1.165) is 40.2 Å². The van der Waals surface area contributed by atoms with Crippen molar-refractivity contribution in [3.63, 3.8) is 0 Å². The second-order valence-corrected chi connectivity index (χ2v) is 12.4. The summed E-state index contributed by atoms with van der Waals surface area (Å²) in [5.74, 6) is 0.403. The number of pyridine rings is 1. The fraction of sp³-hybridized carbons (Fsp3) is 0.241. The van der Waals surface area contributed by atoms with Gasteiger partial charge in [-0.15, -0.1) is 0 Å². The molecule has 2 aromatic carbocycles. The smallest absolute Gasteiger partial charge is 0.229 e. The molecule has 2 N–H and O–H groups in total. The number of thiocarbonyl (C=S) groups is 1. The first-order valence-corrected chi connectivity index (χ1v) is 15.3. The first-order valence-electron chi connectivity index (χ1n) is 12.6. The van der Waals surface area contributed by atoms with Crippen molar-refractivity contribution in [2.75, 3.05) is 23.0 Å². The summed E-state index contributed by atoms with van der Waals surface area (Å²) >= 11 is 12.3. The molecule has 208 valence electrons. The number of nitrogens with zero attached hydrogens (tertiary/aromatic N) is 3. The van der Waals surface area contributed by atoms with Crippen LogP contribution >= 0.6 is 23.8 Å². The van der Waals surface area contributed by atoms with E-state index in [-0.39, 0.29) is 12.1 Å². The Hall–Kier alpha value is -3.60. The van der Waals surface area contributed by atoms with Crippen molar-refractivity contribution < 1.29 is 13.2 Å². The second kappa shape index (κ2) is 10.8. The van der Waals surface area contributed by atoms with Crippen molar-refractivity contribution in [1.82, 2.24) is 14.9 Å². The summed E-state index contributed by atoms with van der Waals surface area (Å²) in [6, 6.07) is 18.4. The number of aromatic nitrogens is 2. The number of nitrogens with one attached hydrogen (secondary N) is 2. The number of benzene rings is 2. The monoisotopic (exact) mass is 595 g/mol. The van der Waals surface area contributed by atoms with Crippen molar-refractivity contribution in [1.29, 1.82) is 0 Å². The maximum absolute atomic E-state index is 12.1. The molecule has 4 aromatic rings. The van der Waals surface area contributed by atoms with Gasteiger partial charge in [-0.2, -0.15) is 0 Å². The molecule has 0 bridgehead atoms. The van der Waals surface area contributed by atoms with Crippen LogP contribution in [0.3, 0.4) is 0 Å². The Bertz CT molecular complexity index is 1710. The predicted molar refractivity (Wildman–Crippen MR) is 164 cm³/mol. The van der Waals surface area contributed by atoms with Gasteiger partial charge in [0, 0.05) is 39.5 Å². The van der Waals surface area contributed by atoms with Crippen LogP contribution in [0.1, 0.15) is 40.3 Å². The van der Waals surface area contributed by atoms with Crippen molar-refractivity contribution in [2.24, 2.45) is 0 Å². The van der Waals surface area contributed by atoms with Gasteiger partial charge in [-0.1, -0.05) is 23.7 Å². The third kappa shape index (κ3) is 5.14. The van der Waals surface area contributed by atoms with Gasteiger partial charge in [0.15, 0.2) is 5.11 Å². The maximum atomic E-state index is 12.1. The lowest BCUT2D eigenvalue weighted by molar-refractivity contribution is 0.417. The van der Waals surface area contributed by atoms with Crippen LogP contribution in [0.2, 0.25) is 5.02 Å². The molecule has 0 aliphatic carbocycles. The molecule has 5 rings (SSSR count). The number of ether oxygens (including phenoxy) is 1. The van der Waals surface area contributed by atoms with E-state index in [4.69, 9.17) is 28.6 Å². The normalized spacial score (nSPS) is 17.1. The van der Waals surface area contributed by atoms with Crippen molar-refractivity contribution in [3.05, 3.63) is 100 Å². The third-order valence-electron chi connectivity index (χ3n) is 7.22. The highest BCUT2D eigenvalue weighted by Gasteiger charge is 2.43. The van der Waals surface area contributed by atoms with E-state index in [2.05, 4.69) is 40.4 Å². The van der Waals surface area contributed by atoms with Crippen molar-refractivity contribution in [2.45, 2.75) is 32.9 Å². The number of anilines is 2. The minimum Gasteiger partial charge on any atom is -0.495 e. The van der Waals surface area contributed by atoms with E-state index in [1.165, 1.54) is 7.11 Å². The molecule has 0 spiro atoms. The second-order valence-electron chi connectivity index (χ2n) is 9.78. The van der Waals surface area contributed by atoms with Crippen LogP contribution in [0.5, 0.6) is 5.75 Å². The highest BCUT2D eigenvalue weighted by atomic mass is 35.5. The quantitative estimate of drug-likeness (QED) is 0.253. The summed E-state index contributed by atoms with van der Waals surface area (Å²) in [7, 11) is -2.06. The molecule has 0 amide bonds. The zero-order valence-electron chi connectivity index (χ0n) is 22.8. The van der Waals surface area contributed by atoms with Crippen molar-refractivity contribution in [3.8, 4) is 11.4 Å². The molecular weight excluding hydrogens is 566 g/mol. The van der Waals surface area contributed by atoms with Gasteiger partial charge in [-0.05, 0) is 87.1 Å². The van der Waals surface area contributed by atoms with Gasteiger partial charge in [0.05, 0.1) is 36.8 Å². The van der Waals surface area contributed by atoms with Gasteiger partial charge in [-0.25, -0.2) is 8.42 Å². The molecule has 0 radical (unpaired) electrons. The Morgan fingerprint density at radius 1 is 1.02 bits per heavy atom. The molecule has 40 heavy (non-hydrogen) atoms. The molecule has 1 aliphatic rings. The highest BCUT2D eigenvalue weighted by Crippen LogP contribution is 2.46. The molecule has 8 nitrogen and oxygen atoms in total. The first kappa shape index (κ1) is 27.9. The molecule has 1 aliphatic heterocycles. The van der Waals surface area contributed by atoms with E-state index < -0.39 is 10.0 Å². The van der Waals surface area contributed by atoms with Gasteiger partial charge < -0.3 is 19.5 Å². The summed E-state index contributed by atoms with van der Waals surface area (Å²) in [5, 5.41) is 4.65. The summed E-state index contributed by atoms with van der Waals surface area (Å²) in [5.41, 5.74) is 7.18. The lowest BCUT2D eigenvalue weighted by atomic mass is 9.93. The lowest BCUT2D eigenvalue weighted by Crippen LogP contribution is -2.30. The standard InChI is InChI=1S/C29H30ClN5O3S2/c1-17-18(2)34(21-10-8-9-20(30)15-21)19(3)26(17)28-27(23-11-6-7-14-31-23)32-29(39)35(28)22-12-13-25(38-4)24(16-22)33-40(5,36)37/h6-16,27-28,33H,1-5H3,(H,32,39). The number of rotatable bonds is 7. The Balaban J connectivity index is 1.73. The van der Waals surface area contributed by atoms with Crippen LogP contribution in [-0.2, 0) is 10.0 Å². The third-order valence-corrected chi connectivity index (χ3v) is 8.36. The minimum atomic E-state index is -3.55. The number of halogens is 1. The molecule has 3 heterocycles. The molecular formula is C29H30ClN5O3S2. The minimum absolute atomic E-state index is 0.269. The SMILES string of the molecule is COc1ccc(N2C(=S)NC(c3ccccn3)C2c2c(C)c(C)n(-c3cccc(Cl)c3)c2C)cc1NS(C)(=O)=O. The van der Waals surface area contributed by atoms with Gasteiger partial charge in [0.1, 0.15) is 5.75 Å². The average Bonchev–Trinajstić information content (AvgIpc) is 3.35. The van der Waals surface area contributed by atoms with E-state index in [1.807, 2.05) is 53.4 Å². The summed E-state index contributed by atoms with van der Waals surface area (Å²) in [6.45, 7) is 6.30. The zero-order valence-corrected chi connectivity index (χ0v) is 25.2. The van der Waals surface area contributed by atoms with Crippen LogP contribution < -0.4 is 19.7 Å². The fourth-order valence-electron chi connectivity index (χ4n) is 5.50. The maximum Gasteiger partial charge on any atom is 0.229 e. The number of hydrogen-bond acceptors (Lipinski definition) is 5. The average molecular weight is 596 g/mol. The molecule has 1 saturated heterocycles. The molecule has 11 heteroatoms. The predicted octanol–water partition coefficient (Wildman–Crippen LogP) is 6.01. The van der Waals surface area contributed by atoms with E-state index in [9.17, 15) is 8.42 Å². The van der Waals surface area contributed by atoms with E-state index in [1.54, 1.807) is 18.3 Å². The van der Waals surface area contributed by atoms with E-state index in [0.29, 0.717) is 27.3 Å². The topological polar surface area (TPSA) is 88.5 Å². The van der Waals surface area contributed by atoms with Crippen LogP contribution in [0.4, 0.5) is 11.4 Å². The van der Waals surface area contributed by atoms with Crippen molar-refractivity contribution >= 4 is 50.3 Å². The molecule has 2 atom stereocenters. The first-order chi connectivity index (χ1) is 19.0. The number of sulfonamides is 1. The summed E-state index contributed by atoms with van der Waals surface area (Å²) in [4.78, 5) is 6.69. The Kier molecular flexibility index (Phi) is 7.52. The lowest BCUT2D eigenvalue weighted by Gasteiger charge is -2.29. The van der Waals surface area contributed by atoms with Crippen LogP contribution in [0.15, 0.2) is 66.9 Å². The fourth-order valence-corrected chi connectivity index (χ4v) is 6.59. The van der Waals surface area contributed by atoms with E-state index >= 15 is 0 Å². The summed E-state index contributed by atoms with van der Waals surface area (Å²) in [6.07, 6.45) is 2.87. The summed E-state index contributed by atoms with van der Waals surface area (Å²) < 4.78 is 34.5. The van der Waals surface area contributed by atoms with Gasteiger partial charge in [0.25, 0.3) is 0 Å². The molecule has 2 aromatic heterocycles. The zero-order chi connectivity index (χ0) is 28.8. The van der Waals surface area contributed by atoms with Crippen LogP contribution in [-0.4, -0.2) is 36.4 Å². The van der Waals surface area contributed by atoms with Crippen LogP contribution in [0, 0.1) is 20.8 Å². The largest absolute Gasteiger partial charge is 0.495 e. The van der Waals surface area contributed by atoms with Gasteiger partial charge in [-0.3, -0.25) is 9.71 Å². The Morgan fingerprint density at radius 2 is 1.80 bits per heavy atom. The Labute approximate surface area is 245 Å². The number of hydrogen-bond donors (Lipinski definition) is 2. The Morgan fingerprint density at radius 3 is 2.45 bits per heavy atom. The van der Waals surface area contributed by atoms with Gasteiger partial charge >= 0.3 is 0 Å². The molecule has 1 fully saturated rings. The van der Waals surface area contributed by atoms with Gasteiger partial charge in [0.2, 0.25) is 10.0 Å². The van der Waals surface area contributed by atoms with Crippen LogP contribution in [0.25, 0.3) is 5.69 Å². The molecule has 2 unspecified atom stereocenters.